The first-order chi connectivity index (χ1) is 11.0. The molecule has 0 bridgehead atoms. The number of hydrogen-bond donors (Lipinski definition) is 0. The van der Waals surface area contributed by atoms with Gasteiger partial charge in [-0.25, -0.2) is 12.8 Å². The molecule has 0 N–H and O–H groups in total. The quantitative estimate of drug-likeness (QED) is 0.586. The van der Waals surface area contributed by atoms with Crippen LogP contribution in [0.4, 0.5) is 4.39 Å². The number of methoxy groups -OCH3 is 1. The number of ether oxygens (including phenoxy) is 2. The van der Waals surface area contributed by atoms with Crippen molar-refractivity contribution in [2.24, 2.45) is 5.92 Å². The molecule has 23 heavy (non-hydrogen) atoms. The van der Waals surface area contributed by atoms with Gasteiger partial charge in [0.05, 0.1) is 13.7 Å². The Morgan fingerprint density at radius 1 is 1.48 bits per heavy atom. The van der Waals surface area contributed by atoms with Gasteiger partial charge in [0, 0.05) is 13.1 Å². The van der Waals surface area contributed by atoms with Crippen molar-refractivity contribution in [3.8, 4) is 18.1 Å². The molecule has 1 saturated heterocycles. The van der Waals surface area contributed by atoms with E-state index in [0.717, 1.165) is 18.9 Å². The van der Waals surface area contributed by atoms with Crippen LogP contribution in [-0.4, -0.2) is 46.1 Å². The Bertz CT molecular complexity index is 684. The lowest BCUT2D eigenvalue weighted by Gasteiger charge is -2.32. The van der Waals surface area contributed by atoms with Gasteiger partial charge in [0.2, 0.25) is 10.0 Å². The SMILES string of the molecule is C#CCOCC1CCCN(S(=O)(=O)c2cc(F)ccc2OC)C1. The van der Waals surface area contributed by atoms with Crippen molar-refractivity contribution in [3.05, 3.63) is 24.0 Å². The van der Waals surface area contributed by atoms with Gasteiger partial charge in [-0.1, -0.05) is 5.92 Å². The van der Waals surface area contributed by atoms with E-state index in [1.54, 1.807) is 0 Å². The molecule has 0 aliphatic carbocycles. The average molecular weight is 341 g/mol. The largest absolute Gasteiger partial charge is 0.495 e. The first-order valence-electron chi connectivity index (χ1n) is 7.34. The van der Waals surface area contributed by atoms with E-state index in [4.69, 9.17) is 15.9 Å². The summed E-state index contributed by atoms with van der Waals surface area (Å²) in [5, 5.41) is 0. The van der Waals surface area contributed by atoms with Crippen molar-refractivity contribution < 1.29 is 22.3 Å². The van der Waals surface area contributed by atoms with E-state index >= 15 is 0 Å². The van der Waals surface area contributed by atoms with Crippen molar-refractivity contribution >= 4 is 10.0 Å². The second-order valence-corrected chi connectivity index (χ2v) is 7.29. The number of halogens is 1. The molecule has 0 aromatic heterocycles. The molecule has 1 heterocycles. The summed E-state index contributed by atoms with van der Waals surface area (Å²) in [7, 11) is -2.46. The molecule has 1 aromatic rings. The summed E-state index contributed by atoms with van der Waals surface area (Å²) >= 11 is 0. The van der Waals surface area contributed by atoms with Crippen LogP contribution in [0, 0.1) is 24.1 Å². The van der Waals surface area contributed by atoms with Gasteiger partial charge in [0.25, 0.3) is 0 Å². The van der Waals surface area contributed by atoms with Gasteiger partial charge >= 0.3 is 0 Å². The van der Waals surface area contributed by atoms with Crippen LogP contribution in [0.2, 0.25) is 0 Å². The molecule has 2 rings (SSSR count). The Hall–Kier alpha value is -1.62. The number of nitrogens with zero attached hydrogens (tertiary/aromatic N) is 1. The first kappa shape index (κ1) is 17.7. The number of piperidine rings is 1. The number of sulfonamides is 1. The number of benzene rings is 1. The predicted molar refractivity (Wildman–Crippen MR) is 84.1 cm³/mol. The fourth-order valence-electron chi connectivity index (χ4n) is 2.66. The van der Waals surface area contributed by atoms with Crippen LogP contribution < -0.4 is 4.74 Å². The second kappa shape index (κ2) is 7.77. The first-order valence-corrected chi connectivity index (χ1v) is 8.78. The van der Waals surface area contributed by atoms with Gasteiger partial charge in [0.1, 0.15) is 23.1 Å². The van der Waals surface area contributed by atoms with E-state index in [-0.39, 0.29) is 23.2 Å². The zero-order valence-electron chi connectivity index (χ0n) is 13.0. The maximum atomic E-state index is 13.5. The summed E-state index contributed by atoms with van der Waals surface area (Å²) < 4.78 is 50.8. The summed E-state index contributed by atoms with van der Waals surface area (Å²) in [4.78, 5) is -0.148. The van der Waals surface area contributed by atoms with E-state index in [9.17, 15) is 12.8 Å². The van der Waals surface area contributed by atoms with Crippen LogP contribution in [0.1, 0.15) is 12.8 Å². The van der Waals surface area contributed by atoms with Gasteiger partial charge in [-0.3, -0.25) is 0 Å². The molecular weight excluding hydrogens is 321 g/mol. The zero-order chi connectivity index (χ0) is 16.9. The second-order valence-electron chi connectivity index (χ2n) is 5.39. The molecule has 1 atom stereocenters. The highest BCUT2D eigenvalue weighted by Gasteiger charge is 2.32. The zero-order valence-corrected chi connectivity index (χ0v) is 13.8. The van der Waals surface area contributed by atoms with Crippen LogP contribution in [0.25, 0.3) is 0 Å². The van der Waals surface area contributed by atoms with Gasteiger partial charge in [-0.2, -0.15) is 4.31 Å². The number of rotatable bonds is 6. The molecule has 0 spiro atoms. The van der Waals surface area contributed by atoms with E-state index < -0.39 is 15.8 Å². The van der Waals surface area contributed by atoms with Crippen molar-refractivity contribution in [3.63, 3.8) is 0 Å². The minimum absolute atomic E-state index is 0.0754. The van der Waals surface area contributed by atoms with Crippen molar-refractivity contribution in [1.29, 1.82) is 0 Å². The maximum Gasteiger partial charge on any atom is 0.246 e. The highest BCUT2D eigenvalue weighted by molar-refractivity contribution is 7.89. The summed E-state index contributed by atoms with van der Waals surface area (Å²) in [6.07, 6.45) is 6.73. The molecule has 0 saturated carbocycles. The lowest BCUT2D eigenvalue weighted by molar-refractivity contribution is 0.0989. The lowest BCUT2D eigenvalue weighted by Crippen LogP contribution is -2.41. The fourth-order valence-corrected chi connectivity index (χ4v) is 4.38. The third-order valence-corrected chi connectivity index (χ3v) is 5.65. The third-order valence-electron chi connectivity index (χ3n) is 3.76. The highest BCUT2D eigenvalue weighted by Crippen LogP contribution is 2.30. The molecule has 0 radical (unpaired) electrons. The number of hydrogen-bond acceptors (Lipinski definition) is 4. The Kier molecular flexibility index (Phi) is 5.99. The van der Waals surface area contributed by atoms with Crippen molar-refractivity contribution in [2.75, 3.05) is 33.4 Å². The Morgan fingerprint density at radius 3 is 2.96 bits per heavy atom. The average Bonchev–Trinajstić information content (AvgIpc) is 2.55. The molecule has 5 nitrogen and oxygen atoms in total. The molecule has 7 heteroatoms. The van der Waals surface area contributed by atoms with E-state index in [0.29, 0.717) is 19.7 Å². The topological polar surface area (TPSA) is 55.8 Å². The third kappa shape index (κ3) is 4.22. The Balaban J connectivity index is 2.19. The molecule has 1 aliphatic rings. The van der Waals surface area contributed by atoms with Crippen LogP contribution in [0.15, 0.2) is 23.1 Å². The highest BCUT2D eigenvalue weighted by atomic mass is 32.2. The van der Waals surface area contributed by atoms with Crippen LogP contribution in [0.3, 0.4) is 0 Å². The molecule has 0 amide bonds. The smallest absolute Gasteiger partial charge is 0.246 e. The van der Waals surface area contributed by atoms with E-state index in [1.807, 2.05) is 0 Å². The van der Waals surface area contributed by atoms with Crippen molar-refractivity contribution in [1.82, 2.24) is 4.31 Å². The summed E-state index contributed by atoms with van der Waals surface area (Å²) in [5.74, 6) is 1.98. The van der Waals surface area contributed by atoms with Crippen LogP contribution in [0.5, 0.6) is 5.75 Å². The van der Waals surface area contributed by atoms with Crippen LogP contribution >= 0.6 is 0 Å². The standard InChI is InChI=1S/C16H20FNO4S/c1-3-9-22-12-13-5-4-8-18(11-13)23(19,20)16-10-14(17)6-7-15(16)21-2/h1,6-7,10,13H,4-5,8-9,11-12H2,2H3. The molecule has 1 unspecified atom stereocenters. The Morgan fingerprint density at radius 2 is 2.26 bits per heavy atom. The van der Waals surface area contributed by atoms with E-state index in [1.165, 1.54) is 23.5 Å². The van der Waals surface area contributed by atoms with Crippen molar-refractivity contribution in [2.45, 2.75) is 17.7 Å². The maximum absolute atomic E-state index is 13.5. The minimum atomic E-state index is -3.82. The minimum Gasteiger partial charge on any atom is -0.495 e. The fraction of sp³-hybridized carbons (Fsp3) is 0.500. The predicted octanol–water partition coefficient (Wildman–Crippen LogP) is 1.88. The van der Waals surface area contributed by atoms with Gasteiger partial charge in [0.15, 0.2) is 0 Å². The van der Waals surface area contributed by atoms with Crippen LogP contribution in [-0.2, 0) is 14.8 Å². The molecular formula is C16H20FNO4S. The monoisotopic (exact) mass is 341 g/mol. The summed E-state index contributed by atoms with van der Waals surface area (Å²) in [6, 6.07) is 3.48. The summed E-state index contributed by atoms with van der Waals surface area (Å²) in [5.41, 5.74) is 0. The number of terminal acetylenes is 1. The molecule has 1 fully saturated rings. The molecule has 1 aliphatic heterocycles. The van der Waals surface area contributed by atoms with Gasteiger partial charge in [-0.05, 0) is 37.0 Å². The Labute approximate surface area is 136 Å². The van der Waals surface area contributed by atoms with Gasteiger partial charge in [-0.15, -0.1) is 6.42 Å². The van der Waals surface area contributed by atoms with Gasteiger partial charge < -0.3 is 9.47 Å². The van der Waals surface area contributed by atoms with E-state index in [2.05, 4.69) is 5.92 Å². The normalized spacial score (nSPS) is 19.3. The lowest BCUT2D eigenvalue weighted by atomic mass is 10.0. The summed E-state index contributed by atoms with van der Waals surface area (Å²) in [6.45, 7) is 1.34. The molecule has 126 valence electrons. The molecule has 1 aromatic carbocycles.